The van der Waals surface area contributed by atoms with Crippen LogP contribution in [-0.2, 0) is 4.79 Å². The fourth-order valence-corrected chi connectivity index (χ4v) is 2.21. The van der Waals surface area contributed by atoms with Crippen molar-refractivity contribution in [3.63, 3.8) is 0 Å². The number of amides is 1. The van der Waals surface area contributed by atoms with E-state index in [1.165, 1.54) is 0 Å². The van der Waals surface area contributed by atoms with Gasteiger partial charge in [-0.25, -0.2) is 4.79 Å². The number of benzene rings is 1. The number of carboxylic acid groups (broad SMARTS) is 1. The van der Waals surface area contributed by atoms with Crippen molar-refractivity contribution < 1.29 is 14.7 Å². The van der Waals surface area contributed by atoms with Crippen molar-refractivity contribution in [1.82, 2.24) is 10.3 Å². The highest BCUT2D eigenvalue weighted by molar-refractivity contribution is 6.07. The summed E-state index contributed by atoms with van der Waals surface area (Å²) in [4.78, 5) is 27.6. The van der Waals surface area contributed by atoms with Crippen LogP contribution in [0.15, 0.2) is 36.7 Å². The lowest BCUT2D eigenvalue weighted by Gasteiger charge is -2.15. The molecule has 0 saturated carbocycles. The topological polar surface area (TPSA) is 79.3 Å². The zero-order valence-corrected chi connectivity index (χ0v) is 11.9. The third kappa shape index (κ3) is 3.56. The molecule has 0 fully saturated rings. The zero-order chi connectivity index (χ0) is 15.2. The number of carboxylic acids is 1. The third-order valence-corrected chi connectivity index (χ3v) is 3.38. The number of hydrogen-bond donors (Lipinski definition) is 2. The second-order valence-electron chi connectivity index (χ2n) is 4.91. The summed E-state index contributed by atoms with van der Waals surface area (Å²) in [6, 6.07) is 6.30. The van der Waals surface area contributed by atoms with Gasteiger partial charge >= 0.3 is 5.97 Å². The highest BCUT2D eigenvalue weighted by Gasteiger charge is 2.20. The molecule has 5 nitrogen and oxygen atoms in total. The molecule has 0 aliphatic carbocycles. The lowest BCUT2D eigenvalue weighted by Crippen LogP contribution is -2.40. The van der Waals surface area contributed by atoms with Crippen LogP contribution >= 0.6 is 0 Å². The molecule has 0 saturated heterocycles. The maximum atomic E-state index is 12.3. The average molecular weight is 286 g/mol. The van der Waals surface area contributed by atoms with Gasteiger partial charge in [-0.15, -0.1) is 0 Å². The van der Waals surface area contributed by atoms with Crippen molar-refractivity contribution >= 4 is 22.6 Å². The summed E-state index contributed by atoms with van der Waals surface area (Å²) >= 11 is 0. The molecule has 5 heteroatoms. The van der Waals surface area contributed by atoms with Crippen LogP contribution in [0.3, 0.4) is 0 Å². The molecule has 2 aromatic rings. The molecule has 1 unspecified atom stereocenters. The number of rotatable bonds is 6. The van der Waals surface area contributed by atoms with Gasteiger partial charge in [0.1, 0.15) is 6.04 Å². The molecule has 0 aliphatic heterocycles. The van der Waals surface area contributed by atoms with Crippen LogP contribution in [0.5, 0.6) is 0 Å². The molecule has 1 aromatic carbocycles. The van der Waals surface area contributed by atoms with Crippen LogP contribution in [-0.4, -0.2) is 28.0 Å². The van der Waals surface area contributed by atoms with Gasteiger partial charge in [-0.1, -0.05) is 31.9 Å². The fraction of sp³-hybridized carbons (Fsp3) is 0.312. The molecule has 1 amide bonds. The molecule has 110 valence electrons. The van der Waals surface area contributed by atoms with Crippen LogP contribution in [0.2, 0.25) is 0 Å². The molecule has 1 heterocycles. The quantitative estimate of drug-likeness (QED) is 0.855. The summed E-state index contributed by atoms with van der Waals surface area (Å²) in [6.07, 6.45) is 5.35. The monoisotopic (exact) mass is 286 g/mol. The van der Waals surface area contributed by atoms with E-state index in [0.29, 0.717) is 12.0 Å². The minimum absolute atomic E-state index is 0.378. The lowest BCUT2D eigenvalue weighted by molar-refractivity contribution is -0.139. The lowest BCUT2D eigenvalue weighted by atomic mass is 10.0. The number of nitrogens with one attached hydrogen (secondary N) is 1. The van der Waals surface area contributed by atoms with Crippen molar-refractivity contribution in [3.8, 4) is 0 Å². The molecule has 2 N–H and O–H groups in total. The van der Waals surface area contributed by atoms with Gasteiger partial charge in [-0.3, -0.25) is 9.78 Å². The number of carbonyl (C=O) groups is 2. The Morgan fingerprint density at radius 2 is 2.14 bits per heavy atom. The molecule has 0 spiro atoms. The average Bonchev–Trinajstić information content (AvgIpc) is 2.50. The SMILES string of the molecule is CCCCC(NC(=O)c1cccc2ccncc12)C(=O)O. The van der Waals surface area contributed by atoms with E-state index in [9.17, 15) is 14.7 Å². The Hall–Kier alpha value is -2.43. The first-order valence-corrected chi connectivity index (χ1v) is 7.00. The zero-order valence-electron chi connectivity index (χ0n) is 11.9. The molecule has 0 radical (unpaired) electrons. The Morgan fingerprint density at radius 1 is 1.33 bits per heavy atom. The predicted molar refractivity (Wildman–Crippen MR) is 80.2 cm³/mol. The molecular weight excluding hydrogens is 268 g/mol. The van der Waals surface area contributed by atoms with E-state index >= 15 is 0 Å². The van der Waals surface area contributed by atoms with E-state index < -0.39 is 12.0 Å². The van der Waals surface area contributed by atoms with Gasteiger partial charge in [-0.05, 0) is 23.9 Å². The van der Waals surface area contributed by atoms with Crippen molar-refractivity contribution in [2.24, 2.45) is 0 Å². The first-order chi connectivity index (χ1) is 10.1. The summed E-state index contributed by atoms with van der Waals surface area (Å²) in [5, 5.41) is 13.4. The molecular formula is C16H18N2O3. The minimum Gasteiger partial charge on any atom is -0.480 e. The Kier molecular flexibility index (Phi) is 4.87. The molecule has 1 aromatic heterocycles. The molecule has 21 heavy (non-hydrogen) atoms. The first-order valence-electron chi connectivity index (χ1n) is 7.00. The maximum Gasteiger partial charge on any atom is 0.326 e. The van der Waals surface area contributed by atoms with E-state index in [1.807, 2.05) is 19.1 Å². The molecule has 0 aliphatic rings. The second-order valence-corrected chi connectivity index (χ2v) is 4.91. The van der Waals surface area contributed by atoms with Crippen LogP contribution in [0.1, 0.15) is 36.5 Å². The largest absolute Gasteiger partial charge is 0.480 e. The standard InChI is InChI=1S/C16H18N2O3/c1-2-3-7-14(16(20)21)18-15(19)12-6-4-5-11-8-9-17-10-13(11)12/h4-6,8-10,14H,2-3,7H2,1H3,(H,18,19)(H,20,21). The normalized spacial score (nSPS) is 12.0. The number of pyridine rings is 1. The minimum atomic E-state index is -1.00. The summed E-state index contributed by atoms with van der Waals surface area (Å²) in [5.74, 6) is -1.38. The van der Waals surface area contributed by atoms with Gasteiger partial charge in [0.05, 0.1) is 0 Å². The van der Waals surface area contributed by atoms with E-state index in [-0.39, 0.29) is 5.91 Å². The van der Waals surface area contributed by atoms with E-state index in [4.69, 9.17) is 0 Å². The first kappa shape index (κ1) is 15.0. The fourth-order valence-electron chi connectivity index (χ4n) is 2.21. The number of fused-ring (bicyclic) bond motifs is 1. The molecule has 2 rings (SSSR count). The predicted octanol–water partition coefficient (Wildman–Crippen LogP) is 2.61. The number of nitrogens with zero attached hydrogens (tertiary/aromatic N) is 1. The van der Waals surface area contributed by atoms with E-state index in [1.54, 1.807) is 24.5 Å². The van der Waals surface area contributed by atoms with Crippen molar-refractivity contribution in [3.05, 3.63) is 42.2 Å². The van der Waals surface area contributed by atoms with Gasteiger partial charge in [-0.2, -0.15) is 0 Å². The van der Waals surface area contributed by atoms with Gasteiger partial charge in [0.15, 0.2) is 0 Å². The summed E-state index contributed by atoms with van der Waals surface area (Å²) < 4.78 is 0. The summed E-state index contributed by atoms with van der Waals surface area (Å²) in [6.45, 7) is 1.98. The van der Waals surface area contributed by atoms with E-state index in [0.717, 1.165) is 23.6 Å². The van der Waals surface area contributed by atoms with Crippen molar-refractivity contribution in [1.29, 1.82) is 0 Å². The van der Waals surface area contributed by atoms with Crippen molar-refractivity contribution in [2.45, 2.75) is 32.2 Å². The Morgan fingerprint density at radius 3 is 2.86 bits per heavy atom. The van der Waals surface area contributed by atoms with Gasteiger partial charge in [0.25, 0.3) is 5.91 Å². The van der Waals surface area contributed by atoms with Gasteiger partial charge < -0.3 is 10.4 Å². The number of aromatic nitrogens is 1. The smallest absolute Gasteiger partial charge is 0.326 e. The van der Waals surface area contributed by atoms with Crippen LogP contribution < -0.4 is 5.32 Å². The summed E-state index contributed by atoms with van der Waals surface area (Å²) in [5.41, 5.74) is 0.448. The number of aliphatic carboxylic acids is 1. The third-order valence-electron chi connectivity index (χ3n) is 3.38. The van der Waals surface area contributed by atoms with Crippen molar-refractivity contribution in [2.75, 3.05) is 0 Å². The summed E-state index contributed by atoms with van der Waals surface area (Å²) in [7, 11) is 0. The highest BCUT2D eigenvalue weighted by Crippen LogP contribution is 2.17. The van der Waals surface area contributed by atoms with E-state index in [2.05, 4.69) is 10.3 Å². The van der Waals surface area contributed by atoms with Gasteiger partial charge in [0, 0.05) is 23.3 Å². The Bertz CT molecular complexity index is 650. The van der Waals surface area contributed by atoms with Crippen LogP contribution in [0.25, 0.3) is 10.8 Å². The maximum absolute atomic E-state index is 12.3. The molecule has 1 atom stereocenters. The highest BCUT2D eigenvalue weighted by atomic mass is 16.4. The number of carbonyl (C=O) groups excluding carboxylic acids is 1. The number of unbranched alkanes of at least 4 members (excludes halogenated alkanes) is 1. The van der Waals surface area contributed by atoms with Gasteiger partial charge in [0.2, 0.25) is 0 Å². The Balaban J connectivity index is 2.23. The van der Waals surface area contributed by atoms with Crippen LogP contribution in [0.4, 0.5) is 0 Å². The molecule has 0 bridgehead atoms. The number of hydrogen-bond acceptors (Lipinski definition) is 3. The second kappa shape index (κ2) is 6.83. The Labute approximate surface area is 123 Å². The van der Waals surface area contributed by atoms with Crippen LogP contribution in [0, 0.1) is 0 Å².